The molecule has 0 aliphatic carbocycles. The molecule has 0 saturated carbocycles. The maximum absolute atomic E-state index is 12.1. The number of ether oxygens (including phenoxy) is 1. The first-order valence-corrected chi connectivity index (χ1v) is 4.99. The Hall–Kier alpha value is -2.18. The van der Waals surface area contributed by atoms with Crippen LogP contribution in [0.5, 0.6) is 5.75 Å². The van der Waals surface area contributed by atoms with Crippen molar-refractivity contribution in [3.63, 3.8) is 0 Å². The second-order valence-electron chi connectivity index (χ2n) is 3.72. The summed E-state index contributed by atoms with van der Waals surface area (Å²) in [6, 6.07) is 3.87. The van der Waals surface area contributed by atoms with Gasteiger partial charge < -0.3 is 15.8 Å². The van der Waals surface area contributed by atoms with Crippen LogP contribution in [-0.2, 0) is 11.2 Å². The second-order valence-corrected chi connectivity index (χ2v) is 3.72. The molecule has 18 heavy (non-hydrogen) atoms. The van der Waals surface area contributed by atoms with Crippen molar-refractivity contribution in [2.75, 3.05) is 5.32 Å². The fraction of sp³-hybridized carbons (Fsp3) is 0.182. The summed E-state index contributed by atoms with van der Waals surface area (Å²) in [4.78, 5) is 11.0. The topological polar surface area (TPSA) is 64.4 Å². The lowest BCUT2D eigenvalue weighted by molar-refractivity contribution is -0.274. The van der Waals surface area contributed by atoms with Gasteiger partial charge in [-0.3, -0.25) is 4.79 Å². The number of nitrogens with two attached hydrogens (primary N) is 1. The first-order chi connectivity index (χ1) is 8.35. The zero-order valence-electron chi connectivity index (χ0n) is 9.04. The number of carbonyl (C=O) groups excluding carboxylic acids is 1. The van der Waals surface area contributed by atoms with Gasteiger partial charge in [0.05, 0.1) is 0 Å². The largest absolute Gasteiger partial charge is 0.573 e. The van der Waals surface area contributed by atoms with Crippen LogP contribution >= 0.6 is 0 Å². The molecular weight excluding hydrogens is 249 g/mol. The highest BCUT2D eigenvalue weighted by Crippen LogP contribution is 2.30. The molecule has 0 bridgehead atoms. The molecule has 0 atom stereocenters. The molecule has 0 radical (unpaired) electrons. The van der Waals surface area contributed by atoms with Crippen molar-refractivity contribution in [1.29, 1.82) is 0 Å². The van der Waals surface area contributed by atoms with Gasteiger partial charge in [-0.15, -0.1) is 13.2 Å². The molecule has 0 aromatic heterocycles. The molecule has 2 rings (SSSR count). The molecule has 1 heterocycles. The first-order valence-electron chi connectivity index (χ1n) is 4.99. The zero-order valence-corrected chi connectivity index (χ0v) is 9.04. The molecular formula is C11H9F3N2O2. The number of rotatable bonds is 2. The van der Waals surface area contributed by atoms with Crippen molar-refractivity contribution in [1.82, 2.24) is 0 Å². The van der Waals surface area contributed by atoms with Crippen LogP contribution in [0.25, 0.3) is 0 Å². The predicted molar refractivity (Wildman–Crippen MR) is 57.7 cm³/mol. The molecule has 0 unspecified atom stereocenters. The summed E-state index contributed by atoms with van der Waals surface area (Å²) in [6.07, 6.45) is -3.12. The Morgan fingerprint density at radius 2 is 2.11 bits per heavy atom. The van der Waals surface area contributed by atoms with Crippen LogP contribution in [0.15, 0.2) is 30.0 Å². The van der Waals surface area contributed by atoms with Gasteiger partial charge in [-0.2, -0.15) is 0 Å². The number of hydrogen-bond donors (Lipinski definition) is 2. The van der Waals surface area contributed by atoms with Gasteiger partial charge in [-0.25, -0.2) is 0 Å². The van der Waals surface area contributed by atoms with E-state index in [4.69, 9.17) is 5.73 Å². The number of benzene rings is 1. The molecule has 1 aromatic rings. The Morgan fingerprint density at radius 3 is 2.72 bits per heavy atom. The molecule has 0 spiro atoms. The van der Waals surface area contributed by atoms with E-state index in [9.17, 15) is 18.0 Å². The molecule has 1 aliphatic rings. The Labute approximate surface area is 100 Å². The number of nitrogens with one attached hydrogen (secondary N) is 1. The Morgan fingerprint density at radius 1 is 1.39 bits per heavy atom. The lowest BCUT2D eigenvalue weighted by atomic mass is 10.0. The van der Waals surface area contributed by atoms with Crippen LogP contribution in [0, 0.1) is 0 Å². The monoisotopic (exact) mass is 258 g/mol. The van der Waals surface area contributed by atoms with E-state index < -0.39 is 12.3 Å². The number of fused-ring (bicyclic) bond motifs is 1. The van der Waals surface area contributed by atoms with Crippen molar-refractivity contribution in [2.24, 2.45) is 5.73 Å². The first kappa shape index (κ1) is 12.3. The minimum atomic E-state index is -4.74. The summed E-state index contributed by atoms with van der Waals surface area (Å²) in [5, 5.41) is 2.78. The Balaban J connectivity index is 2.24. The number of amides is 1. The minimum Gasteiger partial charge on any atom is -0.406 e. The molecule has 1 aromatic carbocycles. The predicted octanol–water partition coefficient (Wildman–Crippen LogP) is 1.92. The van der Waals surface area contributed by atoms with Gasteiger partial charge in [-0.1, -0.05) is 0 Å². The van der Waals surface area contributed by atoms with E-state index in [0.29, 0.717) is 16.8 Å². The zero-order chi connectivity index (χ0) is 13.3. The lowest BCUT2D eigenvalue weighted by Crippen LogP contribution is -2.20. The van der Waals surface area contributed by atoms with Crippen LogP contribution in [0.4, 0.5) is 18.9 Å². The van der Waals surface area contributed by atoms with Crippen LogP contribution < -0.4 is 15.8 Å². The third-order valence-electron chi connectivity index (χ3n) is 2.41. The van der Waals surface area contributed by atoms with E-state index in [2.05, 4.69) is 10.1 Å². The van der Waals surface area contributed by atoms with Crippen LogP contribution in [0.2, 0.25) is 0 Å². The number of hydrogen-bond acceptors (Lipinski definition) is 3. The van der Waals surface area contributed by atoms with Crippen molar-refractivity contribution in [2.45, 2.75) is 12.8 Å². The van der Waals surface area contributed by atoms with Gasteiger partial charge in [0.25, 0.3) is 0 Å². The normalized spacial score (nSPS) is 14.3. The maximum atomic E-state index is 12.1. The average molecular weight is 258 g/mol. The van der Waals surface area contributed by atoms with Gasteiger partial charge in [0, 0.05) is 23.9 Å². The van der Waals surface area contributed by atoms with Crippen molar-refractivity contribution >= 4 is 11.6 Å². The smallest absolute Gasteiger partial charge is 0.406 e. The van der Waals surface area contributed by atoms with Gasteiger partial charge in [0.15, 0.2) is 0 Å². The van der Waals surface area contributed by atoms with Crippen molar-refractivity contribution in [3.05, 3.63) is 35.5 Å². The standard InChI is InChI=1S/C11H9F3N2O2/c12-11(13,14)18-8-1-2-9-6(4-8)3-7(5-16-9)10(15)17/h1-2,4-5,16H,3H2,(H2,15,17). The highest BCUT2D eigenvalue weighted by molar-refractivity contribution is 5.93. The van der Waals surface area contributed by atoms with E-state index in [1.165, 1.54) is 24.4 Å². The molecule has 7 heteroatoms. The molecule has 4 nitrogen and oxygen atoms in total. The summed E-state index contributed by atoms with van der Waals surface area (Å²) in [5.74, 6) is -0.941. The number of alkyl halides is 3. The molecule has 1 amide bonds. The van der Waals surface area contributed by atoms with E-state index >= 15 is 0 Å². The van der Waals surface area contributed by atoms with E-state index in [-0.39, 0.29) is 12.2 Å². The quantitative estimate of drug-likeness (QED) is 0.851. The lowest BCUT2D eigenvalue weighted by Gasteiger charge is -2.18. The third kappa shape index (κ3) is 2.73. The SMILES string of the molecule is NC(=O)C1=CNc2ccc(OC(F)(F)F)cc2C1. The molecule has 0 fully saturated rings. The van der Waals surface area contributed by atoms with Gasteiger partial charge in [-0.05, 0) is 23.8 Å². The van der Waals surface area contributed by atoms with E-state index in [1.807, 2.05) is 0 Å². The summed E-state index contributed by atoms with van der Waals surface area (Å²) in [5.41, 5.74) is 6.54. The summed E-state index contributed by atoms with van der Waals surface area (Å²) in [6.45, 7) is 0. The van der Waals surface area contributed by atoms with Crippen molar-refractivity contribution < 1.29 is 22.7 Å². The fourth-order valence-electron chi connectivity index (χ4n) is 1.63. The number of anilines is 1. The van der Waals surface area contributed by atoms with Crippen LogP contribution in [0.1, 0.15) is 5.56 Å². The summed E-state index contributed by atoms with van der Waals surface area (Å²) in [7, 11) is 0. The molecule has 3 N–H and O–H groups in total. The average Bonchev–Trinajstić information content (AvgIpc) is 2.25. The summed E-state index contributed by atoms with van der Waals surface area (Å²) < 4.78 is 40.0. The third-order valence-corrected chi connectivity index (χ3v) is 2.41. The highest BCUT2D eigenvalue weighted by atomic mass is 19.4. The van der Waals surface area contributed by atoms with Crippen molar-refractivity contribution in [3.8, 4) is 5.75 Å². The molecule has 1 aliphatic heterocycles. The fourth-order valence-corrected chi connectivity index (χ4v) is 1.63. The van der Waals surface area contributed by atoms with Gasteiger partial charge >= 0.3 is 6.36 Å². The summed E-state index contributed by atoms with van der Waals surface area (Å²) >= 11 is 0. The Kier molecular flexibility index (Phi) is 2.90. The molecule has 96 valence electrons. The van der Waals surface area contributed by atoms with Crippen LogP contribution in [-0.4, -0.2) is 12.3 Å². The molecule has 0 saturated heterocycles. The van der Waals surface area contributed by atoms with E-state index in [0.717, 1.165) is 0 Å². The van der Waals surface area contributed by atoms with Gasteiger partial charge in [0.2, 0.25) is 5.91 Å². The highest BCUT2D eigenvalue weighted by Gasteiger charge is 2.31. The second kappa shape index (κ2) is 4.25. The number of halogens is 3. The number of primary amides is 1. The minimum absolute atomic E-state index is 0.173. The maximum Gasteiger partial charge on any atom is 0.573 e. The van der Waals surface area contributed by atoms with Crippen LogP contribution in [0.3, 0.4) is 0 Å². The van der Waals surface area contributed by atoms with E-state index in [1.54, 1.807) is 0 Å². The van der Waals surface area contributed by atoms with Gasteiger partial charge in [0.1, 0.15) is 5.75 Å². The Bertz CT molecular complexity index is 524. The number of carbonyl (C=O) groups is 1.